The Bertz CT molecular complexity index is 861. The zero-order chi connectivity index (χ0) is 18.0. The second-order valence-corrected chi connectivity index (χ2v) is 5.32. The number of amides is 1. The molecule has 1 N–H and O–H groups in total. The zero-order valence-corrected chi connectivity index (χ0v) is 13.3. The van der Waals surface area contributed by atoms with Crippen molar-refractivity contribution in [1.82, 2.24) is 0 Å². The van der Waals surface area contributed by atoms with E-state index in [-0.39, 0.29) is 28.2 Å². The van der Waals surface area contributed by atoms with E-state index in [1.807, 2.05) is 0 Å². The summed E-state index contributed by atoms with van der Waals surface area (Å²) in [6.45, 7) is 4.90. The molecular weight excluding hydrogens is 314 g/mol. The molecule has 0 saturated heterocycles. The van der Waals surface area contributed by atoms with Crippen molar-refractivity contribution >= 4 is 23.0 Å². The molecule has 0 fully saturated rings. The smallest absolute Gasteiger partial charge is 0.293 e. The number of nitrogens with zero attached hydrogens (tertiary/aromatic N) is 2. The van der Waals surface area contributed by atoms with Crippen LogP contribution in [0.4, 0.5) is 17.1 Å². The average molecular weight is 329 g/mol. The van der Waals surface area contributed by atoms with Gasteiger partial charge in [0.05, 0.1) is 9.85 Å². The molecule has 0 bridgehead atoms. The van der Waals surface area contributed by atoms with Crippen LogP contribution in [-0.4, -0.2) is 15.8 Å². The van der Waals surface area contributed by atoms with Gasteiger partial charge in [-0.05, 0) is 38.0 Å². The lowest BCUT2D eigenvalue weighted by molar-refractivity contribution is -0.385. The molecule has 0 heterocycles. The molecule has 124 valence electrons. The quantitative estimate of drug-likeness (QED) is 0.678. The van der Waals surface area contributed by atoms with Crippen LogP contribution in [0.15, 0.2) is 30.3 Å². The molecule has 0 saturated carbocycles. The Kier molecular flexibility index (Phi) is 4.59. The molecule has 0 aliphatic rings. The number of rotatable bonds is 4. The van der Waals surface area contributed by atoms with Gasteiger partial charge in [0.1, 0.15) is 5.69 Å². The number of aryl methyl sites for hydroxylation is 1. The van der Waals surface area contributed by atoms with Gasteiger partial charge in [-0.15, -0.1) is 0 Å². The van der Waals surface area contributed by atoms with Gasteiger partial charge in [0.2, 0.25) is 0 Å². The lowest BCUT2D eigenvalue weighted by atomic mass is 10.0. The van der Waals surface area contributed by atoms with Crippen molar-refractivity contribution in [2.75, 3.05) is 5.32 Å². The molecule has 1 amide bonds. The third kappa shape index (κ3) is 3.07. The van der Waals surface area contributed by atoms with E-state index in [1.54, 1.807) is 19.9 Å². The molecule has 0 aromatic heterocycles. The van der Waals surface area contributed by atoms with Crippen LogP contribution in [0.2, 0.25) is 0 Å². The Hall–Kier alpha value is -3.29. The number of nitro groups is 2. The first-order chi connectivity index (χ1) is 11.2. The third-order valence-electron chi connectivity index (χ3n) is 3.90. The summed E-state index contributed by atoms with van der Waals surface area (Å²) in [5.41, 5.74) is 1.34. The maximum Gasteiger partial charge on any atom is 0.293 e. The molecule has 0 atom stereocenters. The molecule has 2 rings (SSSR count). The van der Waals surface area contributed by atoms with Gasteiger partial charge in [0, 0.05) is 23.3 Å². The Morgan fingerprint density at radius 1 is 0.917 bits per heavy atom. The summed E-state index contributed by atoms with van der Waals surface area (Å²) < 4.78 is 0. The van der Waals surface area contributed by atoms with Crippen molar-refractivity contribution in [1.29, 1.82) is 0 Å². The fourth-order valence-corrected chi connectivity index (χ4v) is 2.36. The second kappa shape index (κ2) is 6.45. The van der Waals surface area contributed by atoms with E-state index in [9.17, 15) is 25.0 Å². The maximum atomic E-state index is 12.5. The first-order valence-corrected chi connectivity index (χ1v) is 7.04. The van der Waals surface area contributed by atoms with E-state index < -0.39 is 15.8 Å². The van der Waals surface area contributed by atoms with Gasteiger partial charge in [-0.2, -0.15) is 0 Å². The fraction of sp³-hybridized carbons (Fsp3) is 0.188. The first kappa shape index (κ1) is 17.1. The van der Waals surface area contributed by atoms with Gasteiger partial charge in [0.25, 0.3) is 17.3 Å². The summed E-state index contributed by atoms with van der Waals surface area (Å²) in [5.74, 6) is -0.631. The molecule has 2 aromatic carbocycles. The normalized spacial score (nSPS) is 10.3. The number of nitrogens with one attached hydrogen (secondary N) is 1. The van der Waals surface area contributed by atoms with Crippen molar-refractivity contribution in [3.63, 3.8) is 0 Å². The van der Waals surface area contributed by atoms with Gasteiger partial charge in [-0.1, -0.05) is 12.1 Å². The van der Waals surface area contributed by atoms with Gasteiger partial charge < -0.3 is 5.32 Å². The van der Waals surface area contributed by atoms with E-state index in [1.165, 1.54) is 31.2 Å². The Morgan fingerprint density at radius 2 is 1.54 bits per heavy atom. The van der Waals surface area contributed by atoms with E-state index in [4.69, 9.17) is 0 Å². The standard InChI is InChI=1S/C16H15N3O5/c1-9-7-8-14(19(23)24)15(10(9)2)17-16(20)12-5-4-6-13(11(12)3)18(21)22/h4-8H,1-3H3,(H,17,20). The monoisotopic (exact) mass is 329 g/mol. The maximum absolute atomic E-state index is 12.5. The average Bonchev–Trinajstić information content (AvgIpc) is 2.51. The molecule has 0 unspecified atom stereocenters. The van der Waals surface area contributed by atoms with E-state index in [0.717, 1.165) is 5.56 Å². The Labute approximate surface area is 137 Å². The highest BCUT2D eigenvalue weighted by Crippen LogP contribution is 2.31. The predicted octanol–water partition coefficient (Wildman–Crippen LogP) is 3.68. The van der Waals surface area contributed by atoms with Crippen LogP contribution in [0.1, 0.15) is 27.0 Å². The SMILES string of the molecule is Cc1ccc([N+](=O)[O-])c(NC(=O)c2cccc([N+](=O)[O-])c2C)c1C. The highest BCUT2D eigenvalue weighted by atomic mass is 16.6. The van der Waals surface area contributed by atoms with E-state index in [0.29, 0.717) is 5.56 Å². The van der Waals surface area contributed by atoms with E-state index >= 15 is 0 Å². The van der Waals surface area contributed by atoms with Crippen LogP contribution >= 0.6 is 0 Å². The molecule has 24 heavy (non-hydrogen) atoms. The highest BCUT2D eigenvalue weighted by Gasteiger charge is 2.23. The molecule has 0 spiro atoms. The van der Waals surface area contributed by atoms with Crippen LogP contribution in [0, 0.1) is 41.0 Å². The van der Waals surface area contributed by atoms with Crippen molar-refractivity contribution in [2.24, 2.45) is 0 Å². The second-order valence-electron chi connectivity index (χ2n) is 5.32. The minimum absolute atomic E-state index is 0.0934. The minimum Gasteiger partial charge on any atom is -0.316 e. The van der Waals surface area contributed by atoms with Crippen LogP contribution in [0.5, 0.6) is 0 Å². The molecule has 0 aliphatic carbocycles. The summed E-state index contributed by atoms with van der Waals surface area (Å²) >= 11 is 0. The summed E-state index contributed by atoms with van der Waals surface area (Å²) in [6, 6.07) is 7.05. The van der Waals surface area contributed by atoms with Crippen molar-refractivity contribution in [3.05, 3.63) is 72.8 Å². The number of carbonyl (C=O) groups excluding carboxylic acids is 1. The minimum atomic E-state index is -0.631. The molecule has 0 aliphatic heterocycles. The Balaban J connectivity index is 2.49. The topological polar surface area (TPSA) is 115 Å². The predicted molar refractivity (Wildman–Crippen MR) is 88.4 cm³/mol. The number of carbonyl (C=O) groups is 1. The molecule has 8 heteroatoms. The van der Waals surface area contributed by atoms with Gasteiger partial charge >= 0.3 is 0 Å². The van der Waals surface area contributed by atoms with Crippen LogP contribution in [-0.2, 0) is 0 Å². The summed E-state index contributed by atoms with van der Waals surface area (Å²) in [7, 11) is 0. The van der Waals surface area contributed by atoms with Gasteiger partial charge in [-0.3, -0.25) is 25.0 Å². The number of anilines is 1. The third-order valence-corrected chi connectivity index (χ3v) is 3.90. The number of benzene rings is 2. The molecule has 2 aromatic rings. The lowest BCUT2D eigenvalue weighted by Gasteiger charge is -2.12. The van der Waals surface area contributed by atoms with Crippen molar-refractivity contribution < 1.29 is 14.6 Å². The van der Waals surface area contributed by atoms with Gasteiger partial charge in [-0.25, -0.2) is 0 Å². The van der Waals surface area contributed by atoms with Crippen LogP contribution < -0.4 is 5.32 Å². The summed E-state index contributed by atoms with van der Waals surface area (Å²) in [6.07, 6.45) is 0. The molecule has 0 radical (unpaired) electrons. The molecular formula is C16H15N3O5. The molecule has 8 nitrogen and oxygen atoms in total. The summed E-state index contributed by atoms with van der Waals surface area (Å²) in [5, 5.41) is 24.7. The lowest BCUT2D eigenvalue weighted by Crippen LogP contribution is -2.16. The number of nitro benzene ring substituents is 2. The highest BCUT2D eigenvalue weighted by molar-refractivity contribution is 6.07. The Morgan fingerprint density at radius 3 is 2.12 bits per heavy atom. The van der Waals surface area contributed by atoms with E-state index in [2.05, 4.69) is 5.32 Å². The van der Waals surface area contributed by atoms with Gasteiger partial charge in [0.15, 0.2) is 0 Å². The van der Waals surface area contributed by atoms with Crippen LogP contribution in [0.25, 0.3) is 0 Å². The fourth-order valence-electron chi connectivity index (χ4n) is 2.36. The number of hydrogen-bond acceptors (Lipinski definition) is 5. The first-order valence-electron chi connectivity index (χ1n) is 7.04. The zero-order valence-electron chi connectivity index (χ0n) is 13.3. The number of hydrogen-bond donors (Lipinski definition) is 1. The van der Waals surface area contributed by atoms with Crippen LogP contribution in [0.3, 0.4) is 0 Å². The summed E-state index contributed by atoms with van der Waals surface area (Å²) in [4.78, 5) is 33.5. The largest absolute Gasteiger partial charge is 0.316 e. The van der Waals surface area contributed by atoms with Crippen molar-refractivity contribution in [3.8, 4) is 0 Å². The van der Waals surface area contributed by atoms with Crippen molar-refractivity contribution in [2.45, 2.75) is 20.8 Å².